The predicted molar refractivity (Wildman–Crippen MR) is 74.8 cm³/mol. The third-order valence-corrected chi connectivity index (χ3v) is 3.43. The molecule has 0 aromatic heterocycles. The average Bonchev–Trinajstić information content (AvgIpc) is 2.46. The minimum Gasteiger partial charge on any atom is -0.462 e. The van der Waals surface area contributed by atoms with Gasteiger partial charge < -0.3 is 9.64 Å². The second-order valence-corrected chi connectivity index (χ2v) is 4.87. The van der Waals surface area contributed by atoms with Crippen molar-refractivity contribution in [3.63, 3.8) is 0 Å². The van der Waals surface area contributed by atoms with Gasteiger partial charge in [-0.25, -0.2) is 0 Å². The van der Waals surface area contributed by atoms with Crippen molar-refractivity contribution in [1.29, 1.82) is 5.26 Å². The van der Waals surface area contributed by atoms with Crippen molar-refractivity contribution in [3.05, 3.63) is 33.9 Å². The van der Waals surface area contributed by atoms with Crippen LogP contribution in [-0.4, -0.2) is 30.1 Å². The lowest BCUT2D eigenvalue weighted by molar-refractivity contribution is -0.384. The van der Waals surface area contributed by atoms with Gasteiger partial charge in [0.2, 0.25) is 0 Å². The summed E-state index contributed by atoms with van der Waals surface area (Å²) >= 11 is 0. The number of nitriles is 1. The first-order chi connectivity index (χ1) is 10.0. The number of carbonyl (C=O) groups excluding carboxylic acids is 1. The van der Waals surface area contributed by atoms with E-state index in [1.165, 1.54) is 19.1 Å². The summed E-state index contributed by atoms with van der Waals surface area (Å²) in [4.78, 5) is 23.1. The molecule has 110 valence electrons. The van der Waals surface area contributed by atoms with Crippen LogP contribution < -0.4 is 4.90 Å². The van der Waals surface area contributed by atoms with Gasteiger partial charge in [0, 0.05) is 45.0 Å². The lowest BCUT2D eigenvalue weighted by Crippen LogP contribution is -2.38. The Bertz CT molecular complexity index is 601. The number of nitrogens with zero attached hydrogens (tertiary/aromatic N) is 3. The highest BCUT2D eigenvalue weighted by Crippen LogP contribution is 2.28. The van der Waals surface area contributed by atoms with E-state index in [1.807, 2.05) is 11.0 Å². The molecule has 1 aromatic carbocycles. The van der Waals surface area contributed by atoms with Gasteiger partial charge in [-0.3, -0.25) is 14.9 Å². The summed E-state index contributed by atoms with van der Waals surface area (Å²) in [5.74, 6) is -0.290. The van der Waals surface area contributed by atoms with Gasteiger partial charge in [0.25, 0.3) is 5.69 Å². The van der Waals surface area contributed by atoms with Crippen LogP contribution in [0.4, 0.5) is 11.4 Å². The van der Waals surface area contributed by atoms with E-state index in [9.17, 15) is 14.9 Å². The topological polar surface area (TPSA) is 96.5 Å². The van der Waals surface area contributed by atoms with Crippen molar-refractivity contribution < 1.29 is 14.5 Å². The Labute approximate surface area is 121 Å². The molecule has 0 amide bonds. The monoisotopic (exact) mass is 289 g/mol. The fourth-order valence-corrected chi connectivity index (χ4v) is 2.45. The molecule has 0 aliphatic carbocycles. The summed E-state index contributed by atoms with van der Waals surface area (Å²) in [6.07, 6.45) is 1.27. The van der Waals surface area contributed by atoms with Gasteiger partial charge >= 0.3 is 5.97 Å². The summed E-state index contributed by atoms with van der Waals surface area (Å²) in [7, 11) is 0. The van der Waals surface area contributed by atoms with E-state index in [0.29, 0.717) is 31.6 Å². The van der Waals surface area contributed by atoms with E-state index in [0.717, 1.165) is 0 Å². The maximum Gasteiger partial charge on any atom is 0.302 e. The molecule has 0 atom stereocenters. The molecule has 0 spiro atoms. The fourth-order valence-electron chi connectivity index (χ4n) is 2.45. The molecule has 21 heavy (non-hydrogen) atoms. The summed E-state index contributed by atoms with van der Waals surface area (Å²) in [6, 6.07) is 6.28. The SMILES string of the molecule is CC(=O)OC1CCN(c2ccc([N+](=O)[O-])cc2C#N)CC1. The third kappa shape index (κ3) is 3.48. The molecule has 0 radical (unpaired) electrons. The molecular weight excluding hydrogens is 274 g/mol. The number of nitro benzene ring substituents is 1. The molecule has 7 heteroatoms. The second-order valence-electron chi connectivity index (χ2n) is 4.87. The Morgan fingerprint density at radius 3 is 2.67 bits per heavy atom. The molecule has 1 aliphatic heterocycles. The maximum atomic E-state index is 10.9. The number of anilines is 1. The Balaban J connectivity index is 2.12. The fraction of sp³-hybridized carbons (Fsp3) is 0.429. The molecule has 1 fully saturated rings. The number of nitro groups is 1. The lowest BCUT2D eigenvalue weighted by atomic mass is 10.0. The van der Waals surface area contributed by atoms with Gasteiger partial charge in [-0.2, -0.15) is 5.26 Å². The summed E-state index contributed by atoms with van der Waals surface area (Å²) in [5, 5.41) is 19.9. The van der Waals surface area contributed by atoms with Gasteiger partial charge in [-0.1, -0.05) is 0 Å². The smallest absolute Gasteiger partial charge is 0.302 e. The lowest BCUT2D eigenvalue weighted by Gasteiger charge is -2.33. The molecule has 2 rings (SSSR count). The zero-order valence-electron chi connectivity index (χ0n) is 11.6. The Hall–Kier alpha value is -2.62. The number of hydrogen-bond acceptors (Lipinski definition) is 6. The molecule has 1 heterocycles. The van der Waals surface area contributed by atoms with Crippen LogP contribution in [-0.2, 0) is 9.53 Å². The molecule has 0 unspecified atom stereocenters. The Morgan fingerprint density at radius 1 is 1.48 bits per heavy atom. The summed E-state index contributed by atoms with van der Waals surface area (Å²) in [5.41, 5.74) is 0.879. The number of carbonyl (C=O) groups is 1. The highest BCUT2D eigenvalue weighted by atomic mass is 16.6. The van der Waals surface area contributed by atoms with Gasteiger partial charge in [0.15, 0.2) is 0 Å². The van der Waals surface area contributed by atoms with Crippen LogP contribution in [0.2, 0.25) is 0 Å². The number of hydrogen-bond donors (Lipinski definition) is 0. The quantitative estimate of drug-likeness (QED) is 0.479. The first kappa shape index (κ1) is 14.8. The van der Waals surface area contributed by atoms with Crippen LogP contribution >= 0.6 is 0 Å². The maximum absolute atomic E-state index is 10.9. The van der Waals surface area contributed by atoms with E-state index in [4.69, 9.17) is 10.00 Å². The normalized spacial score (nSPS) is 15.3. The molecule has 0 bridgehead atoms. The second kappa shape index (κ2) is 6.22. The number of ether oxygens (including phenoxy) is 1. The standard InChI is InChI=1S/C14H15N3O4/c1-10(18)21-13-4-6-16(7-5-13)14-3-2-12(17(19)20)8-11(14)9-15/h2-3,8,13H,4-7H2,1H3. The minimum atomic E-state index is -0.516. The van der Waals surface area contributed by atoms with Gasteiger partial charge in [0.1, 0.15) is 12.2 Å². The summed E-state index contributed by atoms with van der Waals surface area (Å²) in [6.45, 7) is 2.67. The van der Waals surface area contributed by atoms with Crippen molar-refractivity contribution in [2.75, 3.05) is 18.0 Å². The highest BCUT2D eigenvalue weighted by molar-refractivity contribution is 5.66. The molecule has 1 saturated heterocycles. The van der Waals surface area contributed by atoms with Crippen molar-refractivity contribution in [2.45, 2.75) is 25.9 Å². The van der Waals surface area contributed by atoms with Crippen molar-refractivity contribution in [1.82, 2.24) is 0 Å². The zero-order chi connectivity index (χ0) is 15.4. The van der Waals surface area contributed by atoms with E-state index < -0.39 is 4.92 Å². The van der Waals surface area contributed by atoms with Crippen LogP contribution in [0.25, 0.3) is 0 Å². The van der Waals surface area contributed by atoms with Crippen LogP contribution in [0.1, 0.15) is 25.3 Å². The molecule has 7 nitrogen and oxygen atoms in total. The number of piperidine rings is 1. The van der Waals surface area contributed by atoms with Gasteiger partial charge in [-0.15, -0.1) is 0 Å². The van der Waals surface area contributed by atoms with Crippen LogP contribution in [0, 0.1) is 21.4 Å². The van der Waals surface area contributed by atoms with Gasteiger partial charge in [0.05, 0.1) is 16.2 Å². The first-order valence-corrected chi connectivity index (χ1v) is 6.62. The zero-order valence-corrected chi connectivity index (χ0v) is 11.6. The largest absolute Gasteiger partial charge is 0.462 e. The van der Waals surface area contributed by atoms with E-state index in [2.05, 4.69) is 0 Å². The average molecular weight is 289 g/mol. The number of benzene rings is 1. The Morgan fingerprint density at radius 2 is 2.14 bits per heavy atom. The van der Waals surface area contributed by atoms with Crippen LogP contribution in [0.15, 0.2) is 18.2 Å². The minimum absolute atomic E-state index is 0.0925. The van der Waals surface area contributed by atoms with Crippen LogP contribution in [0.5, 0.6) is 0 Å². The third-order valence-electron chi connectivity index (χ3n) is 3.43. The van der Waals surface area contributed by atoms with E-state index in [1.54, 1.807) is 6.07 Å². The number of esters is 1. The van der Waals surface area contributed by atoms with Gasteiger partial charge in [-0.05, 0) is 6.07 Å². The molecule has 0 N–H and O–H groups in total. The van der Waals surface area contributed by atoms with Crippen molar-refractivity contribution in [2.24, 2.45) is 0 Å². The van der Waals surface area contributed by atoms with E-state index in [-0.39, 0.29) is 23.3 Å². The predicted octanol–water partition coefficient (Wildman–Crippen LogP) is 2.00. The van der Waals surface area contributed by atoms with E-state index >= 15 is 0 Å². The number of non-ortho nitro benzene ring substituents is 1. The van der Waals surface area contributed by atoms with Crippen LogP contribution in [0.3, 0.4) is 0 Å². The number of rotatable bonds is 3. The summed E-state index contributed by atoms with van der Waals surface area (Å²) < 4.78 is 5.16. The first-order valence-electron chi connectivity index (χ1n) is 6.62. The molecule has 1 aliphatic rings. The molecule has 0 saturated carbocycles. The highest BCUT2D eigenvalue weighted by Gasteiger charge is 2.23. The van der Waals surface area contributed by atoms with Crippen molar-refractivity contribution in [3.8, 4) is 6.07 Å². The molecular formula is C14H15N3O4. The Kier molecular flexibility index (Phi) is 4.38. The van der Waals surface area contributed by atoms with Crippen molar-refractivity contribution >= 4 is 17.3 Å². The molecule has 1 aromatic rings.